The van der Waals surface area contributed by atoms with Gasteiger partial charge in [-0.05, 0) is 12.1 Å². The van der Waals surface area contributed by atoms with Gasteiger partial charge in [-0.15, -0.1) is 0 Å². The summed E-state index contributed by atoms with van der Waals surface area (Å²) in [6, 6.07) is 3.46. The van der Waals surface area contributed by atoms with Crippen molar-refractivity contribution in [3.05, 3.63) is 24.2 Å². The average Bonchev–Trinajstić information content (AvgIpc) is 2.43. The van der Waals surface area contributed by atoms with E-state index in [9.17, 15) is 0 Å². The number of carbonyl (C=O) groups is 1. The summed E-state index contributed by atoms with van der Waals surface area (Å²) in [5, 5.41) is 8.33. The first-order valence-electron chi connectivity index (χ1n) is 2.35. The minimum absolute atomic E-state index is 0. The van der Waals surface area contributed by atoms with E-state index in [1.165, 1.54) is 6.26 Å². The highest BCUT2D eigenvalue weighted by atomic mass is 16.4. The number of hydrogen-bond acceptors (Lipinski definition) is 3. The Hall–Kier alpha value is -1.09. The van der Waals surface area contributed by atoms with Crippen molar-refractivity contribution < 1.29 is 14.3 Å². The van der Waals surface area contributed by atoms with Crippen LogP contribution < -0.4 is 0 Å². The third-order valence-corrected chi connectivity index (χ3v) is 0.736. The monoisotopic (exact) mass is 144 g/mol. The largest absolute Gasteiger partial charge is 0.467 e. The Kier molecular flexibility index (Phi) is 9.24. The van der Waals surface area contributed by atoms with Gasteiger partial charge in [-0.1, -0.05) is 7.43 Å². The van der Waals surface area contributed by atoms with Crippen LogP contribution in [0, 0.1) is 0 Å². The van der Waals surface area contributed by atoms with E-state index in [4.69, 9.17) is 14.3 Å². The SMILES string of the molecule is C.C=O.OCc1ccco1. The number of rotatable bonds is 1. The van der Waals surface area contributed by atoms with Gasteiger partial charge < -0.3 is 14.3 Å². The van der Waals surface area contributed by atoms with E-state index in [2.05, 4.69) is 0 Å². The average molecular weight is 144 g/mol. The van der Waals surface area contributed by atoms with Crippen LogP contribution in [0.25, 0.3) is 0 Å². The van der Waals surface area contributed by atoms with E-state index in [1.54, 1.807) is 12.1 Å². The predicted molar refractivity (Wildman–Crippen MR) is 38.5 cm³/mol. The number of hydrogen-bond donors (Lipinski definition) is 1. The zero-order chi connectivity index (χ0) is 7.11. The lowest BCUT2D eigenvalue weighted by atomic mass is 10.5. The lowest BCUT2D eigenvalue weighted by Crippen LogP contribution is -1.72. The van der Waals surface area contributed by atoms with Gasteiger partial charge in [-0.3, -0.25) is 0 Å². The van der Waals surface area contributed by atoms with Gasteiger partial charge in [0.05, 0.1) is 6.26 Å². The minimum Gasteiger partial charge on any atom is -0.467 e. The van der Waals surface area contributed by atoms with Gasteiger partial charge in [0.1, 0.15) is 19.2 Å². The molecule has 0 amide bonds. The molecule has 3 heteroatoms. The molecule has 0 bridgehead atoms. The molecule has 1 aromatic heterocycles. The number of furan rings is 1. The molecule has 1 N–H and O–H groups in total. The first-order valence-corrected chi connectivity index (χ1v) is 2.35. The molecule has 0 saturated carbocycles. The van der Waals surface area contributed by atoms with Gasteiger partial charge in [-0.2, -0.15) is 0 Å². The molecule has 1 heterocycles. The topological polar surface area (TPSA) is 50.4 Å². The lowest BCUT2D eigenvalue weighted by molar-refractivity contribution is -0.0979. The molecule has 3 nitrogen and oxygen atoms in total. The molecular formula is C7H12O3. The maximum absolute atomic E-state index is 8.33. The second kappa shape index (κ2) is 7.91. The van der Waals surface area contributed by atoms with Gasteiger partial charge in [-0.25, -0.2) is 0 Å². The van der Waals surface area contributed by atoms with Crippen molar-refractivity contribution in [2.75, 3.05) is 0 Å². The minimum atomic E-state index is -0.00694. The molecule has 0 fully saturated rings. The number of aliphatic hydroxyl groups excluding tert-OH is 1. The number of carbonyl (C=O) groups excluding carboxylic acids is 1. The Labute approximate surface area is 60.3 Å². The molecule has 0 aliphatic heterocycles. The summed E-state index contributed by atoms with van der Waals surface area (Å²) in [7, 11) is 0. The van der Waals surface area contributed by atoms with E-state index in [1.807, 2.05) is 6.79 Å². The predicted octanol–water partition coefficient (Wildman–Crippen LogP) is 1.22. The summed E-state index contributed by atoms with van der Waals surface area (Å²) in [6.07, 6.45) is 1.53. The molecule has 58 valence electrons. The molecule has 0 atom stereocenters. The number of aliphatic hydroxyl groups is 1. The maximum atomic E-state index is 8.33. The van der Waals surface area contributed by atoms with Gasteiger partial charge in [0.2, 0.25) is 0 Å². The molecule has 0 aromatic carbocycles. The normalized spacial score (nSPS) is 6.90. The van der Waals surface area contributed by atoms with Crippen molar-refractivity contribution in [1.82, 2.24) is 0 Å². The molecule has 0 aliphatic carbocycles. The molecule has 0 spiro atoms. The Morgan fingerprint density at radius 1 is 1.60 bits per heavy atom. The smallest absolute Gasteiger partial charge is 0.129 e. The van der Waals surface area contributed by atoms with Gasteiger partial charge in [0.15, 0.2) is 0 Å². The first-order chi connectivity index (χ1) is 4.43. The van der Waals surface area contributed by atoms with E-state index >= 15 is 0 Å². The zero-order valence-corrected chi connectivity index (χ0v) is 4.91. The van der Waals surface area contributed by atoms with Crippen molar-refractivity contribution in [3.8, 4) is 0 Å². The molecule has 0 unspecified atom stereocenters. The van der Waals surface area contributed by atoms with Crippen LogP contribution in [0.3, 0.4) is 0 Å². The summed E-state index contributed by atoms with van der Waals surface area (Å²) in [4.78, 5) is 8.00. The Morgan fingerprint density at radius 2 is 2.20 bits per heavy atom. The molecule has 0 radical (unpaired) electrons. The Balaban J connectivity index is 0. The van der Waals surface area contributed by atoms with Crippen LogP contribution in [0.2, 0.25) is 0 Å². The Morgan fingerprint density at radius 3 is 2.40 bits per heavy atom. The fourth-order valence-corrected chi connectivity index (χ4v) is 0.403. The Bertz CT molecular complexity index is 135. The van der Waals surface area contributed by atoms with Gasteiger partial charge >= 0.3 is 0 Å². The van der Waals surface area contributed by atoms with Crippen LogP contribution in [-0.4, -0.2) is 11.9 Å². The fraction of sp³-hybridized carbons (Fsp3) is 0.286. The molecule has 0 saturated heterocycles. The fourth-order valence-electron chi connectivity index (χ4n) is 0.403. The van der Waals surface area contributed by atoms with Crippen LogP contribution in [0.1, 0.15) is 13.2 Å². The molecule has 0 aliphatic rings. The van der Waals surface area contributed by atoms with Crippen molar-refractivity contribution >= 4 is 6.79 Å². The van der Waals surface area contributed by atoms with Crippen LogP contribution in [0.15, 0.2) is 22.8 Å². The summed E-state index contributed by atoms with van der Waals surface area (Å²) in [6.45, 7) is 1.99. The second-order valence-electron chi connectivity index (χ2n) is 1.24. The van der Waals surface area contributed by atoms with Gasteiger partial charge in [0, 0.05) is 0 Å². The summed E-state index contributed by atoms with van der Waals surface area (Å²) in [5.74, 6) is 0.611. The van der Waals surface area contributed by atoms with Crippen molar-refractivity contribution in [2.45, 2.75) is 14.0 Å². The summed E-state index contributed by atoms with van der Waals surface area (Å²) < 4.78 is 4.73. The van der Waals surface area contributed by atoms with Crippen molar-refractivity contribution in [1.29, 1.82) is 0 Å². The lowest BCUT2D eigenvalue weighted by Gasteiger charge is -1.79. The standard InChI is InChI=1S/C5H6O2.CH2O.CH4/c6-4-5-2-1-3-7-5;1-2;/h1-3,6H,4H2;1H2;1H4. The summed E-state index contributed by atoms with van der Waals surface area (Å²) in [5.41, 5.74) is 0. The molecule has 10 heavy (non-hydrogen) atoms. The second-order valence-corrected chi connectivity index (χ2v) is 1.24. The quantitative estimate of drug-likeness (QED) is 0.644. The van der Waals surface area contributed by atoms with Crippen LogP contribution in [-0.2, 0) is 11.4 Å². The third-order valence-electron chi connectivity index (χ3n) is 0.736. The maximum Gasteiger partial charge on any atom is 0.129 e. The molecule has 1 aromatic rings. The van der Waals surface area contributed by atoms with Crippen molar-refractivity contribution in [3.63, 3.8) is 0 Å². The highest BCUT2D eigenvalue weighted by Crippen LogP contribution is 1.96. The van der Waals surface area contributed by atoms with E-state index < -0.39 is 0 Å². The first kappa shape index (κ1) is 11.7. The van der Waals surface area contributed by atoms with E-state index in [0.717, 1.165) is 0 Å². The van der Waals surface area contributed by atoms with Crippen LogP contribution in [0.5, 0.6) is 0 Å². The zero-order valence-electron chi connectivity index (χ0n) is 4.91. The molecular weight excluding hydrogens is 132 g/mol. The highest BCUT2D eigenvalue weighted by molar-refractivity contribution is 5.10. The third kappa shape index (κ3) is 3.86. The van der Waals surface area contributed by atoms with Crippen LogP contribution >= 0.6 is 0 Å². The highest BCUT2D eigenvalue weighted by Gasteiger charge is 1.85. The van der Waals surface area contributed by atoms with Crippen molar-refractivity contribution in [2.24, 2.45) is 0 Å². The summed E-state index contributed by atoms with van der Waals surface area (Å²) >= 11 is 0. The van der Waals surface area contributed by atoms with Gasteiger partial charge in [0.25, 0.3) is 0 Å². The van der Waals surface area contributed by atoms with E-state index in [0.29, 0.717) is 5.76 Å². The van der Waals surface area contributed by atoms with E-state index in [-0.39, 0.29) is 14.0 Å². The van der Waals surface area contributed by atoms with Crippen LogP contribution in [0.4, 0.5) is 0 Å². The molecule has 1 rings (SSSR count).